The average Bonchev–Trinajstić information content (AvgIpc) is 3.03. The van der Waals surface area contributed by atoms with E-state index in [0.29, 0.717) is 18.0 Å². The molecule has 2 amide bonds. The summed E-state index contributed by atoms with van der Waals surface area (Å²) in [5, 5.41) is 2.87. The number of anilines is 1. The third-order valence-corrected chi connectivity index (χ3v) is 9.45. The summed E-state index contributed by atoms with van der Waals surface area (Å²) in [5.74, 6) is -0.297. The average molecular weight is 679 g/mol. The maximum Gasteiger partial charge on any atom is 0.264 e. The fourth-order valence-corrected chi connectivity index (χ4v) is 6.43. The van der Waals surface area contributed by atoms with Gasteiger partial charge in [-0.1, -0.05) is 76.1 Å². The highest BCUT2D eigenvalue weighted by Gasteiger charge is 2.34. The van der Waals surface area contributed by atoms with Crippen molar-refractivity contribution in [2.75, 3.05) is 24.5 Å². The standard InChI is InChI=1S/C34H36BrN3O5S/c1-4-36-34(40)32(22-26-8-6-5-7-9-26)37(23-27-12-14-28(35)15-13-27)33(39)24-38(29-16-18-30(43-3)19-17-29)44(41,42)31-20-10-25(2)11-21-31/h5-21,32H,4,22-24H2,1-3H3,(H,36,40)/t32-/m1/s1. The van der Waals surface area contributed by atoms with Gasteiger partial charge >= 0.3 is 0 Å². The maximum absolute atomic E-state index is 14.4. The molecule has 0 aromatic heterocycles. The zero-order valence-electron chi connectivity index (χ0n) is 24.9. The van der Waals surface area contributed by atoms with Crippen molar-refractivity contribution in [1.82, 2.24) is 10.2 Å². The molecule has 10 heteroatoms. The van der Waals surface area contributed by atoms with Gasteiger partial charge in [0.25, 0.3) is 10.0 Å². The summed E-state index contributed by atoms with van der Waals surface area (Å²) < 4.78 is 35.4. The van der Waals surface area contributed by atoms with E-state index in [1.54, 1.807) is 36.4 Å². The fraction of sp³-hybridized carbons (Fsp3) is 0.235. The van der Waals surface area contributed by atoms with Crippen molar-refractivity contribution in [3.8, 4) is 5.75 Å². The fourth-order valence-electron chi connectivity index (χ4n) is 4.75. The number of likely N-dealkylation sites (N-methyl/N-ethyl adjacent to an activating group) is 1. The molecule has 0 aliphatic carbocycles. The number of sulfonamides is 1. The molecule has 0 radical (unpaired) electrons. The lowest BCUT2D eigenvalue weighted by atomic mass is 10.0. The minimum absolute atomic E-state index is 0.0516. The molecule has 0 saturated heterocycles. The highest BCUT2D eigenvalue weighted by molar-refractivity contribution is 9.10. The van der Waals surface area contributed by atoms with Crippen LogP contribution in [0.4, 0.5) is 5.69 Å². The van der Waals surface area contributed by atoms with E-state index < -0.39 is 28.5 Å². The second-order valence-electron chi connectivity index (χ2n) is 10.3. The lowest BCUT2D eigenvalue weighted by molar-refractivity contribution is -0.140. The maximum atomic E-state index is 14.4. The second-order valence-corrected chi connectivity index (χ2v) is 13.0. The number of nitrogens with zero attached hydrogens (tertiary/aromatic N) is 2. The van der Waals surface area contributed by atoms with Crippen molar-refractivity contribution in [3.05, 3.63) is 124 Å². The van der Waals surface area contributed by atoms with Gasteiger partial charge in [-0.2, -0.15) is 0 Å². The van der Waals surface area contributed by atoms with E-state index in [4.69, 9.17) is 4.74 Å². The predicted molar refractivity (Wildman–Crippen MR) is 176 cm³/mol. The first kappa shape index (κ1) is 32.8. The Morgan fingerprint density at radius 1 is 0.864 bits per heavy atom. The molecule has 4 aromatic rings. The van der Waals surface area contributed by atoms with E-state index in [9.17, 15) is 18.0 Å². The highest BCUT2D eigenvalue weighted by atomic mass is 79.9. The zero-order valence-corrected chi connectivity index (χ0v) is 27.3. The summed E-state index contributed by atoms with van der Waals surface area (Å²) in [6.07, 6.45) is 0.252. The summed E-state index contributed by atoms with van der Waals surface area (Å²) in [7, 11) is -2.65. The number of methoxy groups -OCH3 is 1. The number of benzene rings is 4. The number of halogens is 1. The van der Waals surface area contributed by atoms with E-state index in [1.807, 2.05) is 68.4 Å². The number of carbonyl (C=O) groups excluding carboxylic acids is 2. The van der Waals surface area contributed by atoms with Gasteiger partial charge in [0.2, 0.25) is 11.8 Å². The van der Waals surface area contributed by atoms with E-state index >= 15 is 0 Å². The van der Waals surface area contributed by atoms with Gasteiger partial charge in [-0.15, -0.1) is 0 Å². The molecule has 1 N–H and O–H groups in total. The van der Waals surface area contributed by atoms with E-state index in [1.165, 1.54) is 24.1 Å². The van der Waals surface area contributed by atoms with Crippen LogP contribution in [0.2, 0.25) is 0 Å². The van der Waals surface area contributed by atoms with Crippen molar-refractivity contribution in [3.63, 3.8) is 0 Å². The predicted octanol–water partition coefficient (Wildman–Crippen LogP) is 5.74. The van der Waals surface area contributed by atoms with Crippen LogP contribution in [0.5, 0.6) is 5.75 Å². The summed E-state index contributed by atoms with van der Waals surface area (Å²) in [4.78, 5) is 29.5. The van der Waals surface area contributed by atoms with Crippen molar-refractivity contribution in [1.29, 1.82) is 0 Å². The van der Waals surface area contributed by atoms with Gasteiger partial charge in [-0.25, -0.2) is 8.42 Å². The molecule has 0 spiro atoms. The number of amides is 2. The smallest absolute Gasteiger partial charge is 0.264 e. The Morgan fingerprint density at radius 3 is 2.09 bits per heavy atom. The van der Waals surface area contributed by atoms with Gasteiger partial charge in [0.1, 0.15) is 18.3 Å². The lowest BCUT2D eigenvalue weighted by Crippen LogP contribution is -2.53. The SMILES string of the molecule is CCNC(=O)[C@@H](Cc1ccccc1)N(Cc1ccc(Br)cc1)C(=O)CN(c1ccc(OC)cc1)S(=O)(=O)c1ccc(C)cc1. The molecule has 0 aliphatic rings. The number of carbonyl (C=O) groups is 2. The van der Waals surface area contributed by atoms with Crippen molar-refractivity contribution in [2.24, 2.45) is 0 Å². The zero-order chi connectivity index (χ0) is 31.7. The molecule has 0 fully saturated rings. The second kappa shape index (κ2) is 15.0. The molecule has 0 unspecified atom stereocenters. The molecule has 0 heterocycles. The van der Waals surface area contributed by atoms with Gasteiger partial charge in [0.15, 0.2) is 0 Å². The molecule has 44 heavy (non-hydrogen) atoms. The minimum atomic E-state index is -4.17. The Morgan fingerprint density at radius 2 is 1.50 bits per heavy atom. The van der Waals surface area contributed by atoms with Crippen LogP contribution in [0.15, 0.2) is 112 Å². The van der Waals surface area contributed by atoms with Crippen LogP contribution in [0.1, 0.15) is 23.6 Å². The topological polar surface area (TPSA) is 96.0 Å². The van der Waals surface area contributed by atoms with Crippen LogP contribution in [0, 0.1) is 6.92 Å². The number of hydrogen-bond donors (Lipinski definition) is 1. The van der Waals surface area contributed by atoms with Gasteiger partial charge in [0.05, 0.1) is 17.7 Å². The Hall–Kier alpha value is -4.15. The van der Waals surface area contributed by atoms with Crippen LogP contribution in [-0.4, -0.2) is 51.4 Å². The number of rotatable bonds is 13. The summed E-state index contributed by atoms with van der Waals surface area (Å²) >= 11 is 3.45. The number of hydrogen-bond acceptors (Lipinski definition) is 5. The molecule has 4 rings (SSSR count). The summed E-state index contributed by atoms with van der Waals surface area (Å²) in [6, 6.07) is 29.0. The lowest BCUT2D eigenvalue weighted by Gasteiger charge is -2.34. The molecular weight excluding hydrogens is 642 g/mol. The molecule has 4 aromatic carbocycles. The van der Waals surface area contributed by atoms with Crippen LogP contribution in [-0.2, 0) is 32.6 Å². The Kier molecular flexibility index (Phi) is 11.2. The first-order valence-corrected chi connectivity index (χ1v) is 16.4. The normalized spacial score (nSPS) is 11.8. The molecule has 1 atom stereocenters. The highest BCUT2D eigenvalue weighted by Crippen LogP contribution is 2.27. The molecule has 0 saturated carbocycles. The molecule has 0 aliphatic heterocycles. The van der Waals surface area contributed by atoms with Crippen molar-refractivity contribution >= 4 is 43.5 Å². The van der Waals surface area contributed by atoms with Crippen molar-refractivity contribution < 1.29 is 22.7 Å². The molecular formula is C34H36BrN3O5S. The number of aryl methyl sites for hydroxylation is 1. The van der Waals surface area contributed by atoms with E-state index in [2.05, 4.69) is 21.2 Å². The quantitative estimate of drug-likeness (QED) is 0.195. The van der Waals surface area contributed by atoms with Gasteiger partial charge in [-0.3, -0.25) is 13.9 Å². The Labute approximate surface area is 267 Å². The third kappa shape index (κ3) is 8.27. The van der Waals surface area contributed by atoms with Crippen LogP contribution < -0.4 is 14.4 Å². The van der Waals surface area contributed by atoms with Gasteiger partial charge in [-0.05, 0) is 73.5 Å². The van der Waals surface area contributed by atoms with Gasteiger partial charge in [0, 0.05) is 24.0 Å². The third-order valence-electron chi connectivity index (χ3n) is 7.14. The van der Waals surface area contributed by atoms with Gasteiger partial charge < -0.3 is 15.0 Å². The van der Waals surface area contributed by atoms with Crippen LogP contribution >= 0.6 is 15.9 Å². The van der Waals surface area contributed by atoms with E-state index in [-0.39, 0.29) is 23.8 Å². The summed E-state index contributed by atoms with van der Waals surface area (Å²) in [5.41, 5.74) is 2.86. The monoisotopic (exact) mass is 677 g/mol. The number of nitrogens with one attached hydrogen (secondary N) is 1. The largest absolute Gasteiger partial charge is 0.497 e. The first-order chi connectivity index (χ1) is 21.1. The summed E-state index contributed by atoms with van der Waals surface area (Å²) in [6.45, 7) is 3.64. The molecule has 230 valence electrons. The Balaban J connectivity index is 1.79. The van der Waals surface area contributed by atoms with Crippen LogP contribution in [0.3, 0.4) is 0 Å². The first-order valence-electron chi connectivity index (χ1n) is 14.2. The molecule has 8 nitrogen and oxygen atoms in total. The minimum Gasteiger partial charge on any atom is -0.497 e. The van der Waals surface area contributed by atoms with E-state index in [0.717, 1.165) is 25.5 Å². The Bertz CT molecular complexity index is 1650. The molecule has 0 bridgehead atoms. The van der Waals surface area contributed by atoms with Crippen LogP contribution in [0.25, 0.3) is 0 Å². The number of ether oxygens (including phenoxy) is 1. The van der Waals surface area contributed by atoms with Crippen molar-refractivity contribution in [2.45, 2.75) is 37.8 Å².